The second-order valence-electron chi connectivity index (χ2n) is 4.71. The zero-order chi connectivity index (χ0) is 16.1. The molecule has 0 amide bonds. The van der Waals surface area contributed by atoms with Crippen molar-refractivity contribution in [2.24, 2.45) is 0 Å². The van der Waals surface area contributed by atoms with Crippen LogP contribution >= 0.6 is 0 Å². The lowest BCUT2D eigenvalue weighted by molar-refractivity contribution is 0.0460. The summed E-state index contributed by atoms with van der Waals surface area (Å²) in [6, 6.07) is 16.6. The minimum atomic E-state index is -0.433. The molecule has 0 aliphatic carbocycles. The van der Waals surface area contributed by atoms with E-state index in [2.05, 4.69) is 20.8 Å². The fraction of sp³-hybridized carbons (Fsp3) is 0.125. The summed E-state index contributed by atoms with van der Waals surface area (Å²) in [6.45, 7) is -0.0151. The number of aromatic nitrogens is 4. The van der Waals surface area contributed by atoms with E-state index in [1.165, 1.54) is 4.68 Å². The first-order valence-corrected chi connectivity index (χ1v) is 7.06. The van der Waals surface area contributed by atoms with Gasteiger partial charge in [-0.15, -0.1) is 5.10 Å². The van der Waals surface area contributed by atoms with Crippen LogP contribution in [0.4, 0.5) is 5.69 Å². The molecule has 0 aliphatic heterocycles. The van der Waals surface area contributed by atoms with Crippen molar-refractivity contribution in [2.75, 3.05) is 12.4 Å². The number of carbonyl (C=O) groups is 1. The van der Waals surface area contributed by atoms with Crippen LogP contribution in [0.2, 0.25) is 0 Å². The van der Waals surface area contributed by atoms with Gasteiger partial charge in [-0.2, -0.15) is 4.68 Å². The molecule has 2 aromatic carbocycles. The summed E-state index contributed by atoms with van der Waals surface area (Å²) in [5.41, 5.74) is 1.98. The van der Waals surface area contributed by atoms with Crippen molar-refractivity contribution in [1.82, 2.24) is 20.2 Å². The highest BCUT2D eigenvalue weighted by atomic mass is 16.5. The van der Waals surface area contributed by atoms with Crippen LogP contribution in [0.1, 0.15) is 16.2 Å². The lowest BCUT2D eigenvalue weighted by Gasteiger charge is -2.09. The Hall–Kier alpha value is -3.22. The van der Waals surface area contributed by atoms with Gasteiger partial charge in [0.25, 0.3) is 0 Å². The fourth-order valence-corrected chi connectivity index (χ4v) is 2.15. The predicted molar refractivity (Wildman–Crippen MR) is 84.3 cm³/mol. The first-order valence-electron chi connectivity index (χ1n) is 7.06. The molecule has 0 saturated carbocycles. The van der Waals surface area contributed by atoms with E-state index in [1.54, 1.807) is 19.2 Å². The Morgan fingerprint density at radius 2 is 1.87 bits per heavy atom. The van der Waals surface area contributed by atoms with Crippen LogP contribution in [-0.2, 0) is 11.3 Å². The molecule has 1 aromatic heterocycles. The second-order valence-corrected chi connectivity index (χ2v) is 4.71. The minimum Gasteiger partial charge on any atom is -0.454 e. The number of tetrazole rings is 1. The average molecular weight is 309 g/mol. The molecule has 0 fully saturated rings. The van der Waals surface area contributed by atoms with Crippen LogP contribution in [0.25, 0.3) is 5.69 Å². The van der Waals surface area contributed by atoms with Gasteiger partial charge in [-0.25, -0.2) is 4.79 Å². The van der Waals surface area contributed by atoms with Crippen molar-refractivity contribution in [2.45, 2.75) is 6.61 Å². The first kappa shape index (κ1) is 14.7. The van der Waals surface area contributed by atoms with E-state index in [0.29, 0.717) is 17.1 Å². The summed E-state index contributed by atoms with van der Waals surface area (Å²) in [4.78, 5) is 12.2. The summed E-state index contributed by atoms with van der Waals surface area (Å²) in [7, 11) is 1.75. The van der Waals surface area contributed by atoms with Gasteiger partial charge in [0.05, 0.1) is 11.3 Å². The Morgan fingerprint density at radius 3 is 2.65 bits per heavy atom. The Labute approximate surface area is 132 Å². The van der Waals surface area contributed by atoms with Gasteiger partial charge in [0.1, 0.15) is 0 Å². The largest absolute Gasteiger partial charge is 0.454 e. The molecule has 0 spiro atoms. The topological polar surface area (TPSA) is 81.9 Å². The third-order valence-electron chi connectivity index (χ3n) is 3.28. The average Bonchev–Trinajstić information content (AvgIpc) is 3.09. The van der Waals surface area contributed by atoms with Gasteiger partial charge in [0, 0.05) is 12.7 Å². The van der Waals surface area contributed by atoms with Crippen LogP contribution in [0.3, 0.4) is 0 Å². The van der Waals surface area contributed by atoms with Gasteiger partial charge in [0.15, 0.2) is 12.4 Å². The van der Waals surface area contributed by atoms with Crippen LogP contribution < -0.4 is 5.32 Å². The lowest BCUT2D eigenvalue weighted by Crippen LogP contribution is -2.11. The molecular formula is C16H15N5O2. The SMILES string of the molecule is CNc1ccccc1C(=O)OCc1nnnn1-c1ccccc1. The maximum Gasteiger partial charge on any atom is 0.340 e. The molecule has 0 radical (unpaired) electrons. The highest BCUT2D eigenvalue weighted by molar-refractivity contribution is 5.95. The van der Waals surface area contributed by atoms with Gasteiger partial charge < -0.3 is 10.1 Å². The Kier molecular flexibility index (Phi) is 4.28. The van der Waals surface area contributed by atoms with E-state index >= 15 is 0 Å². The molecule has 7 nitrogen and oxygen atoms in total. The number of hydrogen-bond donors (Lipinski definition) is 1. The number of nitrogens with zero attached hydrogens (tertiary/aromatic N) is 4. The zero-order valence-corrected chi connectivity index (χ0v) is 12.5. The van der Waals surface area contributed by atoms with E-state index in [4.69, 9.17) is 4.74 Å². The maximum atomic E-state index is 12.2. The van der Waals surface area contributed by atoms with E-state index < -0.39 is 5.97 Å². The molecule has 0 saturated heterocycles. The normalized spacial score (nSPS) is 10.3. The summed E-state index contributed by atoms with van der Waals surface area (Å²) in [5.74, 6) is 0.0176. The van der Waals surface area contributed by atoms with Gasteiger partial charge in [0.2, 0.25) is 0 Å². The summed E-state index contributed by atoms with van der Waals surface area (Å²) in [5, 5.41) is 14.4. The number of anilines is 1. The van der Waals surface area contributed by atoms with E-state index in [0.717, 1.165) is 5.69 Å². The smallest absolute Gasteiger partial charge is 0.340 e. The van der Waals surface area contributed by atoms with Crippen LogP contribution in [0.5, 0.6) is 0 Å². The summed E-state index contributed by atoms with van der Waals surface area (Å²) < 4.78 is 6.87. The molecule has 23 heavy (non-hydrogen) atoms. The Morgan fingerprint density at radius 1 is 1.13 bits per heavy atom. The molecule has 116 valence electrons. The molecule has 0 aliphatic rings. The summed E-state index contributed by atoms with van der Waals surface area (Å²) >= 11 is 0. The van der Waals surface area contributed by atoms with Crippen molar-refractivity contribution in [1.29, 1.82) is 0 Å². The number of benzene rings is 2. The highest BCUT2D eigenvalue weighted by Gasteiger charge is 2.14. The van der Waals surface area contributed by atoms with Gasteiger partial charge in [-0.3, -0.25) is 0 Å². The summed E-state index contributed by atoms with van der Waals surface area (Å²) in [6.07, 6.45) is 0. The quantitative estimate of drug-likeness (QED) is 0.727. The van der Waals surface area contributed by atoms with E-state index in [-0.39, 0.29) is 6.61 Å². The molecule has 3 aromatic rings. The molecule has 3 rings (SSSR count). The molecule has 0 atom stereocenters. The molecule has 7 heteroatoms. The minimum absolute atomic E-state index is 0.0151. The standard InChI is InChI=1S/C16H15N5O2/c1-17-14-10-6-5-9-13(14)16(22)23-11-15-18-19-20-21(15)12-7-3-2-4-8-12/h2-10,17H,11H2,1H3. The fourth-order valence-electron chi connectivity index (χ4n) is 2.15. The van der Waals surface area contributed by atoms with E-state index in [9.17, 15) is 4.79 Å². The molecule has 1 heterocycles. The maximum absolute atomic E-state index is 12.2. The third kappa shape index (κ3) is 3.18. The third-order valence-corrected chi connectivity index (χ3v) is 3.28. The molecule has 0 bridgehead atoms. The number of hydrogen-bond acceptors (Lipinski definition) is 6. The number of para-hydroxylation sites is 2. The van der Waals surface area contributed by atoms with Crippen LogP contribution in [0.15, 0.2) is 54.6 Å². The number of nitrogens with one attached hydrogen (secondary N) is 1. The number of esters is 1. The van der Waals surface area contributed by atoms with Crippen LogP contribution in [0, 0.1) is 0 Å². The molecular weight excluding hydrogens is 294 g/mol. The molecule has 0 unspecified atom stereocenters. The number of carbonyl (C=O) groups excluding carboxylic acids is 1. The first-order chi connectivity index (χ1) is 11.3. The van der Waals surface area contributed by atoms with Crippen molar-refractivity contribution < 1.29 is 9.53 Å². The van der Waals surface area contributed by atoms with Crippen molar-refractivity contribution in [3.8, 4) is 5.69 Å². The lowest BCUT2D eigenvalue weighted by atomic mass is 10.2. The van der Waals surface area contributed by atoms with Crippen molar-refractivity contribution in [3.63, 3.8) is 0 Å². The predicted octanol–water partition coefficient (Wildman–Crippen LogP) is 2.06. The van der Waals surface area contributed by atoms with Crippen molar-refractivity contribution in [3.05, 3.63) is 66.0 Å². The highest BCUT2D eigenvalue weighted by Crippen LogP contribution is 2.16. The Balaban J connectivity index is 1.75. The van der Waals surface area contributed by atoms with E-state index in [1.807, 2.05) is 42.5 Å². The zero-order valence-electron chi connectivity index (χ0n) is 12.5. The van der Waals surface area contributed by atoms with Gasteiger partial charge in [-0.05, 0) is 34.7 Å². The molecule has 1 N–H and O–H groups in total. The monoisotopic (exact) mass is 309 g/mol. The van der Waals surface area contributed by atoms with Crippen molar-refractivity contribution >= 4 is 11.7 Å². The van der Waals surface area contributed by atoms with Gasteiger partial charge in [-0.1, -0.05) is 30.3 Å². The van der Waals surface area contributed by atoms with Crippen LogP contribution in [-0.4, -0.2) is 33.2 Å². The number of rotatable bonds is 5. The second kappa shape index (κ2) is 6.69. The Bertz CT molecular complexity index is 801. The number of ether oxygens (including phenoxy) is 1. The van der Waals surface area contributed by atoms with Gasteiger partial charge >= 0.3 is 5.97 Å².